The highest BCUT2D eigenvalue weighted by Crippen LogP contribution is 2.13. The van der Waals surface area contributed by atoms with Gasteiger partial charge in [0.1, 0.15) is 0 Å². The fourth-order valence-corrected chi connectivity index (χ4v) is 2.53. The number of likely N-dealkylation sites (N-methyl/N-ethyl adjacent to an activating group) is 1. The van der Waals surface area contributed by atoms with Gasteiger partial charge in [-0.25, -0.2) is 0 Å². The number of nitrogens with one attached hydrogen (secondary N) is 1. The smallest absolute Gasteiger partial charge is 0.0107 e. The van der Waals surface area contributed by atoms with Gasteiger partial charge in [-0.3, -0.25) is 0 Å². The van der Waals surface area contributed by atoms with Crippen LogP contribution >= 0.6 is 0 Å². The molecule has 0 saturated carbocycles. The van der Waals surface area contributed by atoms with Crippen molar-refractivity contribution in [3.8, 4) is 0 Å². The lowest BCUT2D eigenvalue weighted by Gasteiger charge is -2.30. The molecule has 0 aromatic heterocycles. The maximum atomic E-state index is 3.62. The normalized spacial score (nSPS) is 24.2. The van der Waals surface area contributed by atoms with Crippen LogP contribution in [0.1, 0.15) is 33.1 Å². The molecule has 1 aliphatic heterocycles. The van der Waals surface area contributed by atoms with E-state index < -0.39 is 0 Å². The topological polar surface area (TPSA) is 18.5 Å². The fraction of sp³-hybridized carbons (Fsp3) is 1.00. The third kappa shape index (κ3) is 5.84. The largest absolute Gasteiger partial charge is 0.315 e. The summed E-state index contributed by atoms with van der Waals surface area (Å²) in [5.41, 5.74) is 0. The Morgan fingerprint density at radius 1 is 1.47 bits per heavy atom. The Labute approximate surface area is 108 Å². The van der Waals surface area contributed by atoms with Crippen LogP contribution in [0.5, 0.6) is 0 Å². The molecule has 2 atom stereocenters. The minimum Gasteiger partial charge on any atom is -0.315 e. The second kappa shape index (κ2) is 8.06. The van der Waals surface area contributed by atoms with Crippen LogP contribution in [-0.4, -0.2) is 62.7 Å². The number of rotatable bonds is 7. The molecule has 0 amide bonds. The van der Waals surface area contributed by atoms with Crippen LogP contribution in [0.15, 0.2) is 0 Å². The van der Waals surface area contributed by atoms with Crippen LogP contribution in [0.4, 0.5) is 0 Å². The van der Waals surface area contributed by atoms with E-state index in [0.29, 0.717) is 6.04 Å². The molecule has 0 aromatic rings. The molecule has 0 aromatic carbocycles. The Bertz CT molecular complexity index is 196. The van der Waals surface area contributed by atoms with Gasteiger partial charge in [0, 0.05) is 25.7 Å². The van der Waals surface area contributed by atoms with Gasteiger partial charge in [0.25, 0.3) is 0 Å². The molecule has 3 heteroatoms. The molecule has 1 N–H and O–H groups in total. The van der Waals surface area contributed by atoms with E-state index in [1.165, 1.54) is 38.9 Å². The van der Waals surface area contributed by atoms with E-state index in [1.54, 1.807) is 0 Å². The van der Waals surface area contributed by atoms with E-state index in [4.69, 9.17) is 0 Å². The van der Waals surface area contributed by atoms with Crippen molar-refractivity contribution < 1.29 is 0 Å². The molecule has 1 rings (SSSR count). The Morgan fingerprint density at radius 3 is 2.88 bits per heavy atom. The summed E-state index contributed by atoms with van der Waals surface area (Å²) >= 11 is 0. The zero-order valence-electron chi connectivity index (χ0n) is 12.2. The van der Waals surface area contributed by atoms with Gasteiger partial charge in [-0.1, -0.05) is 6.92 Å². The molecule has 2 unspecified atom stereocenters. The molecule has 1 heterocycles. The summed E-state index contributed by atoms with van der Waals surface area (Å²) < 4.78 is 0. The van der Waals surface area contributed by atoms with Gasteiger partial charge in [0.15, 0.2) is 0 Å². The van der Waals surface area contributed by atoms with Crippen molar-refractivity contribution in [2.75, 3.05) is 46.8 Å². The minimum absolute atomic E-state index is 0.706. The van der Waals surface area contributed by atoms with Crippen LogP contribution in [0.3, 0.4) is 0 Å². The number of hydrogen-bond acceptors (Lipinski definition) is 3. The number of nitrogens with zero attached hydrogens (tertiary/aromatic N) is 2. The molecule has 3 nitrogen and oxygen atoms in total. The van der Waals surface area contributed by atoms with E-state index in [-0.39, 0.29) is 0 Å². The Balaban J connectivity index is 2.03. The third-order valence-corrected chi connectivity index (χ3v) is 4.14. The summed E-state index contributed by atoms with van der Waals surface area (Å²) in [6.45, 7) is 10.6. The van der Waals surface area contributed by atoms with Gasteiger partial charge in [0.2, 0.25) is 0 Å². The van der Waals surface area contributed by atoms with Gasteiger partial charge in [-0.15, -0.1) is 0 Å². The van der Waals surface area contributed by atoms with Crippen molar-refractivity contribution >= 4 is 0 Å². The molecular weight excluding hydrogens is 210 g/mol. The van der Waals surface area contributed by atoms with Crippen molar-refractivity contribution in [1.29, 1.82) is 0 Å². The van der Waals surface area contributed by atoms with Crippen molar-refractivity contribution in [2.24, 2.45) is 5.92 Å². The first kappa shape index (κ1) is 14.9. The van der Waals surface area contributed by atoms with Crippen LogP contribution in [0, 0.1) is 5.92 Å². The summed E-state index contributed by atoms with van der Waals surface area (Å²) in [6.07, 6.45) is 4.01. The lowest BCUT2D eigenvalue weighted by molar-refractivity contribution is 0.201. The predicted octanol–water partition coefficient (Wildman–Crippen LogP) is 1.65. The molecule has 0 bridgehead atoms. The molecular formula is C14H31N3. The molecule has 0 radical (unpaired) electrons. The highest BCUT2D eigenvalue weighted by atomic mass is 15.1. The Kier molecular flexibility index (Phi) is 7.09. The van der Waals surface area contributed by atoms with Crippen molar-refractivity contribution in [2.45, 2.75) is 39.2 Å². The van der Waals surface area contributed by atoms with Gasteiger partial charge >= 0.3 is 0 Å². The third-order valence-electron chi connectivity index (χ3n) is 4.14. The molecule has 0 aliphatic carbocycles. The first-order valence-corrected chi connectivity index (χ1v) is 7.23. The maximum absolute atomic E-state index is 3.62. The first-order chi connectivity index (χ1) is 8.13. The first-order valence-electron chi connectivity index (χ1n) is 7.23. The summed E-state index contributed by atoms with van der Waals surface area (Å²) in [4.78, 5) is 4.90. The van der Waals surface area contributed by atoms with Crippen LogP contribution < -0.4 is 5.32 Å². The Morgan fingerprint density at radius 2 is 2.24 bits per heavy atom. The minimum atomic E-state index is 0.706. The van der Waals surface area contributed by atoms with Gasteiger partial charge in [-0.2, -0.15) is 0 Å². The highest BCUT2D eigenvalue weighted by Gasteiger charge is 2.16. The van der Waals surface area contributed by atoms with E-state index in [9.17, 15) is 0 Å². The summed E-state index contributed by atoms with van der Waals surface area (Å²) in [5.74, 6) is 0.864. The average molecular weight is 241 g/mol. The molecule has 102 valence electrons. The lowest BCUT2D eigenvalue weighted by atomic mass is 9.98. The lowest BCUT2D eigenvalue weighted by Crippen LogP contribution is -2.40. The summed E-state index contributed by atoms with van der Waals surface area (Å²) in [7, 11) is 4.47. The van der Waals surface area contributed by atoms with Crippen molar-refractivity contribution in [1.82, 2.24) is 15.1 Å². The molecule has 17 heavy (non-hydrogen) atoms. The molecule has 0 spiro atoms. The summed E-state index contributed by atoms with van der Waals surface area (Å²) in [6, 6.07) is 0.706. The van der Waals surface area contributed by atoms with Crippen molar-refractivity contribution in [3.63, 3.8) is 0 Å². The van der Waals surface area contributed by atoms with Crippen LogP contribution in [-0.2, 0) is 0 Å². The predicted molar refractivity (Wildman–Crippen MR) is 75.5 cm³/mol. The average Bonchev–Trinajstić information content (AvgIpc) is 2.33. The maximum Gasteiger partial charge on any atom is 0.0107 e. The van der Waals surface area contributed by atoms with Crippen molar-refractivity contribution in [3.05, 3.63) is 0 Å². The van der Waals surface area contributed by atoms with Crippen LogP contribution in [0.2, 0.25) is 0 Å². The number of likely N-dealkylation sites (tertiary alicyclic amines) is 1. The Hall–Kier alpha value is -0.120. The standard InChI is InChI=1S/C14H31N3/c1-5-13(2)17(4)10-8-15-11-14-7-6-9-16(3)12-14/h13-15H,5-12H2,1-4H3. The zero-order valence-corrected chi connectivity index (χ0v) is 12.2. The number of piperidine rings is 1. The van der Waals surface area contributed by atoms with Gasteiger partial charge in [-0.05, 0) is 59.3 Å². The van der Waals surface area contributed by atoms with E-state index in [2.05, 4.69) is 43.1 Å². The van der Waals surface area contributed by atoms with E-state index >= 15 is 0 Å². The van der Waals surface area contributed by atoms with E-state index in [0.717, 1.165) is 19.0 Å². The highest BCUT2D eigenvalue weighted by molar-refractivity contribution is 4.72. The molecule has 1 saturated heterocycles. The van der Waals surface area contributed by atoms with Crippen LogP contribution in [0.25, 0.3) is 0 Å². The zero-order chi connectivity index (χ0) is 12.7. The fourth-order valence-electron chi connectivity index (χ4n) is 2.53. The van der Waals surface area contributed by atoms with E-state index in [1.807, 2.05) is 0 Å². The van der Waals surface area contributed by atoms with Gasteiger partial charge in [0.05, 0.1) is 0 Å². The molecule has 1 fully saturated rings. The number of hydrogen-bond donors (Lipinski definition) is 1. The second-order valence-electron chi connectivity index (χ2n) is 5.71. The monoisotopic (exact) mass is 241 g/mol. The molecule has 1 aliphatic rings. The SMILES string of the molecule is CCC(C)N(C)CCNCC1CCCN(C)C1. The second-order valence-corrected chi connectivity index (χ2v) is 5.71. The summed E-state index contributed by atoms with van der Waals surface area (Å²) in [5, 5.41) is 3.62. The van der Waals surface area contributed by atoms with Gasteiger partial charge < -0.3 is 15.1 Å². The quantitative estimate of drug-likeness (QED) is 0.684.